The highest BCUT2D eigenvalue weighted by atomic mass is 16.5. The molecule has 0 saturated carbocycles. The molecular weight excluding hydrogens is 292 g/mol. The van der Waals surface area contributed by atoms with E-state index in [9.17, 15) is 4.79 Å². The quantitative estimate of drug-likeness (QED) is 0.830. The van der Waals surface area contributed by atoms with E-state index < -0.39 is 0 Å². The van der Waals surface area contributed by atoms with E-state index in [1.165, 1.54) is 6.42 Å². The topological polar surface area (TPSA) is 50.6 Å². The average molecular weight is 318 g/mol. The number of fused-ring (bicyclic) bond motifs is 1. The van der Waals surface area contributed by atoms with Crippen molar-refractivity contribution in [3.63, 3.8) is 0 Å². The van der Waals surface area contributed by atoms with E-state index in [1.807, 2.05) is 6.20 Å². The van der Waals surface area contributed by atoms with E-state index in [0.29, 0.717) is 17.7 Å². The number of ether oxygens (including phenoxy) is 1. The maximum absolute atomic E-state index is 12.0. The summed E-state index contributed by atoms with van der Waals surface area (Å²) in [6.45, 7) is 7.61. The first kappa shape index (κ1) is 15.1. The van der Waals surface area contributed by atoms with Crippen LogP contribution < -0.4 is 0 Å². The van der Waals surface area contributed by atoms with Crippen LogP contribution in [0.5, 0.6) is 0 Å². The van der Waals surface area contributed by atoms with Gasteiger partial charge in [-0.2, -0.15) is 0 Å². The Hall–Kier alpha value is -1.40. The highest BCUT2D eigenvalue weighted by Crippen LogP contribution is 2.22. The minimum atomic E-state index is 0.329. The lowest BCUT2D eigenvalue weighted by atomic mass is 10.1. The molecule has 0 unspecified atom stereocenters. The third kappa shape index (κ3) is 3.43. The molecule has 0 aromatic carbocycles. The van der Waals surface area contributed by atoms with Crippen LogP contribution in [0.15, 0.2) is 12.4 Å². The molecule has 6 heteroatoms. The number of carbonyl (C=O) groups excluding carboxylic acids is 1. The van der Waals surface area contributed by atoms with Crippen LogP contribution in [0.1, 0.15) is 25.1 Å². The normalized spacial score (nSPS) is 29.0. The fourth-order valence-electron chi connectivity index (χ4n) is 4.18. The molecule has 3 aliphatic rings. The molecule has 4 heterocycles. The molecule has 4 rings (SSSR count). The second-order valence-electron chi connectivity index (χ2n) is 7.23. The van der Waals surface area contributed by atoms with Gasteiger partial charge in [0.2, 0.25) is 5.91 Å². The monoisotopic (exact) mass is 318 g/mol. The van der Waals surface area contributed by atoms with Crippen LogP contribution in [0.2, 0.25) is 0 Å². The number of hydrogen-bond acceptors (Lipinski definition) is 4. The molecule has 1 aromatic heterocycles. The molecule has 23 heavy (non-hydrogen) atoms. The fourth-order valence-corrected chi connectivity index (χ4v) is 4.18. The first-order valence-electron chi connectivity index (χ1n) is 8.86. The lowest BCUT2D eigenvalue weighted by Crippen LogP contribution is -2.38. The van der Waals surface area contributed by atoms with Crippen molar-refractivity contribution in [2.75, 3.05) is 39.4 Å². The van der Waals surface area contributed by atoms with Gasteiger partial charge in [0.05, 0.1) is 13.2 Å². The van der Waals surface area contributed by atoms with Crippen LogP contribution in [-0.4, -0.2) is 64.7 Å². The van der Waals surface area contributed by atoms with Crippen molar-refractivity contribution in [3.05, 3.63) is 18.2 Å². The molecule has 0 aliphatic carbocycles. The van der Waals surface area contributed by atoms with Gasteiger partial charge in [-0.25, -0.2) is 4.98 Å². The van der Waals surface area contributed by atoms with E-state index in [1.54, 1.807) is 0 Å². The molecule has 6 nitrogen and oxygen atoms in total. The number of nitrogens with zero attached hydrogens (tertiary/aromatic N) is 4. The maximum Gasteiger partial charge on any atom is 0.222 e. The standard InChI is InChI=1S/C17H26N4O2/c22-17-2-1-5-21(17)11-15-9-19(8-14-3-7-23-13-14)12-16-18-4-6-20(16)10-15/h4,6,14-15H,1-3,5,7-13H2/t14-,15-/m0/s1. The second kappa shape index (κ2) is 6.61. The van der Waals surface area contributed by atoms with Crippen LogP contribution in [-0.2, 0) is 22.6 Å². The number of likely N-dealkylation sites (tertiary alicyclic amines) is 1. The zero-order chi connectivity index (χ0) is 15.6. The smallest absolute Gasteiger partial charge is 0.222 e. The molecule has 0 spiro atoms. The lowest BCUT2D eigenvalue weighted by Gasteiger charge is -2.28. The molecular formula is C17H26N4O2. The molecule has 0 bridgehead atoms. The summed E-state index contributed by atoms with van der Waals surface area (Å²) in [4.78, 5) is 21.1. The Bertz CT molecular complexity index is 553. The summed E-state index contributed by atoms with van der Waals surface area (Å²) in [5.41, 5.74) is 0. The van der Waals surface area contributed by atoms with Gasteiger partial charge < -0.3 is 14.2 Å². The van der Waals surface area contributed by atoms with Crippen molar-refractivity contribution in [1.82, 2.24) is 19.4 Å². The Morgan fingerprint density at radius 3 is 3.00 bits per heavy atom. The van der Waals surface area contributed by atoms with Crippen molar-refractivity contribution in [1.29, 1.82) is 0 Å². The molecule has 2 saturated heterocycles. The van der Waals surface area contributed by atoms with Gasteiger partial charge in [0.15, 0.2) is 0 Å². The van der Waals surface area contributed by atoms with E-state index in [2.05, 4.69) is 25.5 Å². The van der Waals surface area contributed by atoms with E-state index in [-0.39, 0.29) is 0 Å². The summed E-state index contributed by atoms with van der Waals surface area (Å²) >= 11 is 0. The maximum atomic E-state index is 12.0. The highest BCUT2D eigenvalue weighted by Gasteiger charge is 2.29. The molecule has 3 aliphatic heterocycles. The zero-order valence-electron chi connectivity index (χ0n) is 13.7. The first-order valence-corrected chi connectivity index (χ1v) is 8.86. The molecule has 0 radical (unpaired) electrons. The third-order valence-electron chi connectivity index (χ3n) is 5.33. The van der Waals surface area contributed by atoms with Gasteiger partial charge in [-0.05, 0) is 18.8 Å². The van der Waals surface area contributed by atoms with Gasteiger partial charge >= 0.3 is 0 Å². The van der Waals surface area contributed by atoms with Crippen LogP contribution in [0.25, 0.3) is 0 Å². The minimum absolute atomic E-state index is 0.329. The number of imidazole rings is 1. The SMILES string of the molecule is O=C1CCCN1C[C@H]1CN(C[C@@H]2CCOC2)Cc2nccn2C1. The van der Waals surface area contributed by atoms with Gasteiger partial charge in [-0.15, -0.1) is 0 Å². The van der Waals surface area contributed by atoms with Crippen LogP contribution in [0, 0.1) is 11.8 Å². The minimum Gasteiger partial charge on any atom is -0.381 e. The second-order valence-corrected chi connectivity index (χ2v) is 7.23. The van der Waals surface area contributed by atoms with Gasteiger partial charge in [-0.1, -0.05) is 0 Å². The molecule has 0 N–H and O–H groups in total. The molecule has 126 valence electrons. The van der Waals surface area contributed by atoms with Gasteiger partial charge in [0, 0.05) is 64.1 Å². The van der Waals surface area contributed by atoms with Crippen molar-refractivity contribution in [2.45, 2.75) is 32.4 Å². The van der Waals surface area contributed by atoms with Gasteiger partial charge in [0.1, 0.15) is 5.82 Å². The highest BCUT2D eigenvalue weighted by molar-refractivity contribution is 5.78. The van der Waals surface area contributed by atoms with Gasteiger partial charge in [-0.3, -0.25) is 9.69 Å². The summed E-state index contributed by atoms with van der Waals surface area (Å²) < 4.78 is 7.81. The number of aromatic nitrogens is 2. The third-order valence-corrected chi connectivity index (χ3v) is 5.33. The zero-order valence-corrected chi connectivity index (χ0v) is 13.7. The summed E-state index contributed by atoms with van der Waals surface area (Å²) in [5, 5.41) is 0. The van der Waals surface area contributed by atoms with Crippen molar-refractivity contribution in [3.8, 4) is 0 Å². The Kier molecular flexibility index (Phi) is 4.35. The fraction of sp³-hybridized carbons (Fsp3) is 0.765. The number of hydrogen-bond donors (Lipinski definition) is 0. The Morgan fingerprint density at radius 2 is 2.22 bits per heavy atom. The Morgan fingerprint density at radius 1 is 1.26 bits per heavy atom. The Labute approximate surface area is 137 Å². The van der Waals surface area contributed by atoms with Crippen LogP contribution in [0.3, 0.4) is 0 Å². The predicted octanol–water partition coefficient (Wildman–Crippen LogP) is 0.974. The van der Waals surface area contributed by atoms with Crippen LogP contribution in [0.4, 0.5) is 0 Å². The van der Waals surface area contributed by atoms with Crippen molar-refractivity contribution in [2.24, 2.45) is 11.8 Å². The largest absolute Gasteiger partial charge is 0.381 e. The summed E-state index contributed by atoms with van der Waals surface area (Å²) in [5.74, 6) is 2.61. The van der Waals surface area contributed by atoms with Crippen molar-refractivity contribution >= 4 is 5.91 Å². The average Bonchev–Trinajstić information content (AvgIpc) is 3.24. The first-order chi connectivity index (χ1) is 11.3. The number of carbonyl (C=O) groups is 1. The van der Waals surface area contributed by atoms with E-state index >= 15 is 0 Å². The molecule has 2 fully saturated rings. The Balaban J connectivity index is 1.46. The lowest BCUT2D eigenvalue weighted by molar-refractivity contribution is -0.128. The molecule has 2 atom stereocenters. The molecule has 1 amide bonds. The van der Waals surface area contributed by atoms with E-state index in [0.717, 1.165) is 71.1 Å². The summed E-state index contributed by atoms with van der Waals surface area (Å²) in [6.07, 6.45) is 6.89. The van der Waals surface area contributed by atoms with Crippen molar-refractivity contribution < 1.29 is 9.53 Å². The summed E-state index contributed by atoms with van der Waals surface area (Å²) in [6, 6.07) is 0. The predicted molar refractivity (Wildman–Crippen MR) is 85.7 cm³/mol. The van der Waals surface area contributed by atoms with Gasteiger partial charge in [0.25, 0.3) is 0 Å². The number of amides is 1. The molecule has 1 aromatic rings. The van der Waals surface area contributed by atoms with Crippen LogP contribution >= 0.6 is 0 Å². The summed E-state index contributed by atoms with van der Waals surface area (Å²) in [7, 11) is 0. The van der Waals surface area contributed by atoms with E-state index in [4.69, 9.17) is 4.74 Å². The number of rotatable bonds is 4.